The van der Waals surface area contributed by atoms with Gasteiger partial charge in [-0.1, -0.05) is 38.1 Å². The summed E-state index contributed by atoms with van der Waals surface area (Å²) in [5, 5.41) is 12.6. The van der Waals surface area contributed by atoms with Gasteiger partial charge in [0.15, 0.2) is 5.82 Å². The van der Waals surface area contributed by atoms with Crippen LogP contribution in [0, 0.1) is 0 Å². The van der Waals surface area contributed by atoms with E-state index in [1.54, 1.807) is 60.7 Å². The Morgan fingerprint density at radius 1 is 0.846 bits per heavy atom. The number of ether oxygens (including phenoxy) is 2. The molecule has 0 saturated carbocycles. The number of amides is 2. The van der Waals surface area contributed by atoms with E-state index in [1.165, 1.54) is 14.2 Å². The highest BCUT2D eigenvalue weighted by Crippen LogP contribution is 2.25. The molecule has 0 aliphatic heterocycles. The Labute approximate surface area is 225 Å². The van der Waals surface area contributed by atoms with E-state index in [0.717, 1.165) is 5.56 Å². The van der Waals surface area contributed by atoms with Crippen molar-refractivity contribution >= 4 is 35.0 Å². The van der Waals surface area contributed by atoms with Crippen LogP contribution < -0.4 is 25.4 Å². The van der Waals surface area contributed by atoms with Crippen LogP contribution >= 0.6 is 0 Å². The Kier molecular flexibility index (Phi) is 8.09. The summed E-state index contributed by atoms with van der Waals surface area (Å²) in [4.78, 5) is 33.6. The van der Waals surface area contributed by atoms with Crippen molar-refractivity contribution in [3.05, 3.63) is 77.6 Å². The highest BCUT2D eigenvalue weighted by atomic mass is 16.5. The maximum Gasteiger partial charge on any atom is 0.255 e. The predicted octanol–water partition coefficient (Wildman–Crippen LogP) is 4.96. The number of rotatable bonds is 9. The lowest BCUT2D eigenvalue weighted by atomic mass is 9.93. The molecule has 2 aromatic heterocycles. The van der Waals surface area contributed by atoms with Crippen LogP contribution in [0.1, 0.15) is 42.5 Å². The molecule has 3 N–H and O–H groups in total. The average Bonchev–Trinajstić information content (AvgIpc) is 3.39. The van der Waals surface area contributed by atoms with Gasteiger partial charge in [-0.3, -0.25) is 9.59 Å². The van der Waals surface area contributed by atoms with Crippen molar-refractivity contribution < 1.29 is 23.6 Å². The van der Waals surface area contributed by atoms with E-state index in [1.807, 2.05) is 20.8 Å². The molecule has 0 atom stereocenters. The molecule has 2 heterocycles. The Morgan fingerprint density at radius 3 is 2.03 bits per heavy atom. The van der Waals surface area contributed by atoms with Gasteiger partial charge in [-0.2, -0.15) is 9.97 Å². The van der Waals surface area contributed by atoms with Crippen LogP contribution in [-0.2, 0) is 16.6 Å². The van der Waals surface area contributed by atoms with Crippen LogP contribution in [0.25, 0.3) is 0 Å². The molecule has 4 rings (SSSR count). The normalized spacial score (nSPS) is 11.0. The standard InChI is InChI=1S/C28H30N6O5/c1-28(2,3)21-15-22(34-39-21)31-23(35)14-17-6-10-19(11-7-17)29-26(36)18-8-12-20(13-9-18)30-27-32-24(37-4)16-25(33-27)38-5/h6-13,15-16H,14H2,1-5H3,(H,29,36)(H,30,32,33)(H,31,34,35). The van der Waals surface area contributed by atoms with Crippen LogP contribution in [0.15, 0.2) is 65.2 Å². The first kappa shape index (κ1) is 27.1. The van der Waals surface area contributed by atoms with Gasteiger partial charge in [0.1, 0.15) is 5.76 Å². The molecule has 11 heteroatoms. The van der Waals surface area contributed by atoms with Crippen LogP contribution in [0.4, 0.5) is 23.1 Å². The summed E-state index contributed by atoms with van der Waals surface area (Å²) in [7, 11) is 3.01. The van der Waals surface area contributed by atoms with E-state index >= 15 is 0 Å². The van der Waals surface area contributed by atoms with Crippen molar-refractivity contribution in [1.29, 1.82) is 0 Å². The number of benzene rings is 2. The molecule has 0 aliphatic carbocycles. The van der Waals surface area contributed by atoms with E-state index in [9.17, 15) is 9.59 Å². The van der Waals surface area contributed by atoms with E-state index in [4.69, 9.17) is 14.0 Å². The van der Waals surface area contributed by atoms with Gasteiger partial charge < -0.3 is 29.9 Å². The third-order valence-corrected chi connectivity index (χ3v) is 5.59. The lowest BCUT2D eigenvalue weighted by molar-refractivity contribution is -0.115. The van der Waals surface area contributed by atoms with Crippen molar-refractivity contribution in [3.8, 4) is 11.8 Å². The largest absolute Gasteiger partial charge is 0.481 e. The van der Waals surface area contributed by atoms with Gasteiger partial charge in [0.05, 0.1) is 26.7 Å². The average molecular weight is 531 g/mol. The Morgan fingerprint density at radius 2 is 1.46 bits per heavy atom. The SMILES string of the molecule is COc1cc(OC)nc(Nc2ccc(C(=O)Nc3ccc(CC(=O)Nc4cc(C(C)(C)C)on4)cc3)cc2)n1. The summed E-state index contributed by atoms with van der Waals surface area (Å²) in [6.07, 6.45) is 0.156. The second kappa shape index (κ2) is 11.6. The Hall–Kier alpha value is -4.93. The van der Waals surface area contributed by atoms with Crippen molar-refractivity contribution in [2.24, 2.45) is 0 Å². The van der Waals surface area contributed by atoms with Gasteiger partial charge in [0, 0.05) is 28.4 Å². The van der Waals surface area contributed by atoms with Gasteiger partial charge in [-0.25, -0.2) is 0 Å². The van der Waals surface area contributed by atoms with Crippen LogP contribution in [0.5, 0.6) is 11.8 Å². The molecule has 2 aromatic carbocycles. The van der Waals surface area contributed by atoms with Crippen molar-refractivity contribution in [2.45, 2.75) is 32.6 Å². The summed E-state index contributed by atoms with van der Waals surface area (Å²) in [6, 6.07) is 17.2. The van der Waals surface area contributed by atoms with Gasteiger partial charge >= 0.3 is 0 Å². The molecule has 39 heavy (non-hydrogen) atoms. The third kappa shape index (κ3) is 7.31. The Balaban J connectivity index is 1.31. The second-order valence-corrected chi connectivity index (χ2v) is 9.68. The molecule has 0 bridgehead atoms. The van der Waals surface area contributed by atoms with Crippen LogP contribution in [0.3, 0.4) is 0 Å². The van der Waals surface area contributed by atoms with Crippen molar-refractivity contribution in [2.75, 3.05) is 30.2 Å². The maximum atomic E-state index is 12.7. The first-order valence-corrected chi connectivity index (χ1v) is 12.1. The molecule has 0 spiro atoms. The summed E-state index contributed by atoms with van der Waals surface area (Å²) in [6.45, 7) is 6.01. The van der Waals surface area contributed by atoms with Crippen LogP contribution in [0.2, 0.25) is 0 Å². The number of hydrogen-bond acceptors (Lipinski definition) is 9. The summed E-state index contributed by atoms with van der Waals surface area (Å²) >= 11 is 0. The second-order valence-electron chi connectivity index (χ2n) is 9.68. The first-order valence-electron chi connectivity index (χ1n) is 12.1. The van der Waals surface area contributed by atoms with E-state index in [-0.39, 0.29) is 23.7 Å². The molecule has 0 radical (unpaired) electrons. The fourth-order valence-corrected chi connectivity index (χ4v) is 3.47. The van der Waals surface area contributed by atoms with Crippen molar-refractivity contribution in [3.63, 3.8) is 0 Å². The molecular formula is C28H30N6O5. The smallest absolute Gasteiger partial charge is 0.255 e. The zero-order valence-electron chi connectivity index (χ0n) is 22.4. The molecule has 4 aromatic rings. The van der Waals surface area contributed by atoms with Gasteiger partial charge in [-0.05, 0) is 42.0 Å². The van der Waals surface area contributed by atoms with Gasteiger partial charge in [0.25, 0.3) is 5.91 Å². The number of aromatic nitrogens is 3. The zero-order valence-corrected chi connectivity index (χ0v) is 22.4. The number of carbonyl (C=O) groups is 2. The lowest BCUT2D eigenvalue weighted by Gasteiger charge is -2.12. The first-order chi connectivity index (χ1) is 18.6. The molecule has 2 amide bonds. The van der Waals surface area contributed by atoms with E-state index in [0.29, 0.717) is 46.2 Å². The molecule has 0 fully saturated rings. The van der Waals surface area contributed by atoms with E-state index < -0.39 is 0 Å². The Bertz CT molecular complexity index is 1420. The highest BCUT2D eigenvalue weighted by Gasteiger charge is 2.20. The molecule has 202 valence electrons. The minimum Gasteiger partial charge on any atom is -0.481 e. The topological polar surface area (TPSA) is 140 Å². The number of anilines is 4. The quantitative estimate of drug-likeness (QED) is 0.274. The summed E-state index contributed by atoms with van der Waals surface area (Å²) in [5.74, 6) is 1.60. The third-order valence-electron chi connectivity index (χ3n) is 5.59. The van der Waals surface area contributed by atoms with Crippen LogP contribution in [-0.4, -0.2) is 41.2 Å². The lowest BCUT2D eigenvalue weighted by Crippen LogP contribution is -2.15. The highest BCUT2D eigenvalue weighted by molar-refractivity contribution is 6.04. The number of nitrogens with one attached hydrogen (secondary N) is 3. The fourth-order valence-electron chi connectivity index (χ4n) is 3.47. The molecule has 0 unspecified atom stereocenters. The maximum absolute atomic E-state index is 12.7. The molecule has 0 saturated heterocycles. The summed E-state index contributed by atoms with van der Waals surface area (Å²) in [5.41, 5.74) is 2.35. The van der Waals surface area contributed by atoms with Crippen molar-refractivity contribution in [1.82, 2.24) is 15.1 Å². The van der Waals surface area contributed by atoms with E-state index in [2.05, 4.69) is 31.1 Å². The molecule has 11 nitrogen and oxygen atoms in total. The minimum atomic E-state index is -0.271. The monoisotopic (exact) mass is 530 g/mol. The molecule has 0 aliphatic rings. The molecular weight excluding hydrogens is 500 g/mol. The predicted molar refractivity (Wildman–Crippen MR) is 147 cm³/mol. The number of nitrogens with zero attached hydrogens (tertiary/aromatic N) is 3. The van der Waals surface area contributed by atoms with Gasteiger partial charge in [-0.15, -0.1) is 0 Å². The number of methoxy groups -OCH3 is 2. The minimum absolute atomic E-state index is 0.156. The zero-order chi connectivity index (χ0) is 28.0. The number of carbonyl (C=O) groups excluding carboxylic acids is 2. The summed E-state index contributed by atoms with van der Waals surface area (Å²) < 4.78 is 15.6. The fraction of sp³-hybridized carbons (Fsp3) is 0.250. The van der Waals surface area contributed by atoms with Gasteiger partial charge in [0.2, 0.25) is 23.6 Å². The number of hydrogen-bond donors (Lipinski definition) is 3.